The summed E-state index contributed by atoms with van der Waals surface area (Å²) in [5.74, 6) is 1.66. The smallest absolute Gasteiger partial charge is 0.291 e. The molecule has 3 heterocycles. The zero-order valence-electron chi connectivity index (χ0n) is 12.6. The Bertz CT molecular complexity index is 556. The summed E-state index contributed by atoms with van der Waals surface area (Å²) in [6.07, 6.45) is 5.59. The number of nitrogens with zero attached hydrogens (tertiary/aromatic N) is 2. The fourth-order valence-electron chi connectivity index (χ4n) is 3.60. The molecular weight excluding hydrogens is 268 g/mol. The highest BCUT2D eigenvalue weighted by molar-refractivity contribution is 5.92. The van der Waals surface area contributed by atoms with Gasteiger partial charge in [-0.3, -0.25) is 4.79 Å². The van der Waals surface area contributed by atoms with Gasteiger partial charge in [0.25, 0.3) is 5.91 Å². The van der Waals surface area contributed by atoms with Gasteiger partial charge in [-0.15, -0.1) is 0 Å². The van der Waals surface area contributed by atoms with Crippen LogP contribution in [0.3, 0.4) is 0 Å². The molecule has 0 radical (unpaired) electrons. The van der Waals surface area contributed by atoms with E-state index < -0.39 is 0 Å². The zero-order valence-corrected chi connectivity index (χ0v) is 12.6. The molecule has 1 amide bonds. The van der Waals surface area contributed by atoms with E-state index in [0.29, 0.717) is 11.7 Å². The quantitative estimate of drug-likeness (QED) is 0.839. The summed E-state index contributed by atoms with van der Waals surface area (Å²) in [4.78, 5) is 19.1. The highest BCUT2D eigenvalue weighted by atomic mass is 16.5. The van der Waals surface area contributed by atoms with E-state index in [1.54, 1.807) is 0 Å². The molecule has 1 unspecified atom stereocenters. The van der Waals surface area contributed by atoms with Crippen molar-refractivity contribution in [1.82, 2.24) is 9.88 Å². The molecule has 2 saturated heterocycles. The van der Waals surface area contributed by atoms with Gasteiger partial charge in [-0.1, -0.05) is 0 Å². The van der Waals surface area contributed by atoms with E-state index in [1.807, 2.05) is 11.8 Å². The minimum absolute atomic E-state index is 0.00866. The summed E-state index contributed by atoms with van der Waals surface area (Å²) in [7, 11) is 0. The Balaban J connectivity index is 1.50. The van der Waals surface area contributed by atoms with Crippen LogP contribution in [-0.2, 0) is 4.74 Å². The number of aromatic nitrogens is 1. The monoisotopic (exact) mass is 290 g/mol. The lowest BCUT2D eigenvalue weighted by molar-refractivity contribution is -0.00178. The molecule has 5 heteroatoms. The maximum Gasteiger partial charge on any atom is 0.291 e. The van der Waals surface area contributed by atoms with E-state index in [9.17, 15) is 4.79 Å². The third kappa shape index (κ3) is 2.37. The molecule has 1 aromatic rings. The number of amides is 1. The Kier molecular flexibility index (Phi) is 3.06. The van der Waals surface area contributed by atoms with Crippen molar-refractivity contribution < 1.29 is 13.9 Å². The lowest BCUT2D eigenvalue weighted by Crippen LogP contribution is -2.37. The zero-order chi connectivity index (χ0) is 14.4. The first-order valence-corrected chi connectivity index (χ1v) is 8.01. The van der Waals surface area contributed by atoms with Crippen LogP contribution in [0.4, 0.5) is 0 Å². The summed E-state index contributed by atoms with van der Waals surface area (Å²) in [5, 5.41) is 0. The van der Waals surface area contributed by atoms with Crippen LogP contribution in [0.2, 0.25) is 0 Å². The molecule has 2 aliphatic heterocycles. The topological polar surface area (TPSA) is 55.6 Å². The number of carbonyl (C=O) groups is 1. The minimum atomic E-state index is 0.00866. The van der Waals surface area contributed by atoms with Crippen LogP contribution in [0.15, 0.2) is 4.42 Å². The van der Waals surface area contributed by atoms with Crippen molar-refractivity contribution in [3.05, 3.63) is 17.3 Å². The van der Waals surface area contributed by atoms with Crippen molar-refractivity contribution in [3.63, 3.8) is 0 Å². The number of oxazole rings is 1. The molecule has 1 spiro atoms. The van der Waals surface area contributed by atoms with E-state index >= 15 is 0 Å². The number of hydrogen-bond acceptors (Lipinski definition) is 4. The van der Waals surface area contributed by atoms with Crippen LogP contribution in [0.25, 0.3) is 0 Å². The van der Waals surface area contributed by atoms with Crippen molar-refractivity contribution in [1.29, 1.82) is 0 Å². The van der Waals surface area contributed by atoms with Gasteiger partial charge >= 0.3 is 0 Å². The molecule has 1 aliphatic carbocycles. The van der Waals surface area contributed by atoms with Gasteiger partial charge < -0.3 is 14.1 Å². The molecule has 0 N–H and O–H groups in total. The van der Waals surface area contributed by atoms with Gasteiger partial charge in [-0.25, -0.2) is 4.98 Å². The second kappa shape index (κ2) is 4.83. The minimum Gasteiger partial charge on any atom is -0.435 e. The number of ether oxygens (including phenoxy) is 1. The summed E-state index contributed by atoms with van der Waals surface area (Å²) in [6.45, 7) is 5.13. The average molecular weight is 290 g/mol. The second-order valence-corrected chi connectivity index (χ2v) is 6.87. The molecule has 1 saturated carbocycles. The molecule has 0 bridgehead atoms. The van der Waals surface area contributed by atoms with Gasteiger partial charge in [-0.05, 0) is 39.0 Å². The summed E-state index contributed by atoms with van der Waals surface area (Å²) in [5.41, 5.74) is 0.920. The summed E-state index contributed by atoms with van der Waals surface area (Å²) in [6, 6.07) is 0. The number of aryl methyl sites for hydroxylation is 1. The molecule has 114 valence electrons. The molecule has 5 nitrogen and oxygen atoms in total. The fraction of sp³-hybridized carbons (Fsp3) is 0.750. The van der Waals surface area contributed by atoms with Crippen LogP contribution in [-0.4, -0.2) is 42.1 Å². The van der Waals surface area contributed by atoms with Crippen LogP contribution in [0.1, 0.15) is 60.2 Å². The molecular formula is C16H22N2O3. The van der Waals surface area contributed by atoms with Gasteiger partial charge in [0.2, 0.25) is 5.76 Å². The van der Waals surface area contributed by atoms with E-state index in [-0.39, 0.29) is 11.3 Å². The fourth-order valence-corrected chi connectivity index (χ4v) is 3.60. The summed E-state index contributed by atoms with van der Waals surface area (Å²) < 4.78 is 11.4. The normalized spacial score (nSPS) is 29.3. The van der Waals surface area contributed by atoms with Gasteiger partial charge in [0.15, 0.2) is 5.89 Å². The first-order chi connectivity index (χ1) is 10.2. The van der Waals surface area contributed by atoms with E-state index in [1.165, 1.54) is 6.42 Å². The van der Waals surface area contributed by atoms with Crippen molar-refractivity contribution in [3.8, 4) is 0 Å². The predicted molar refractivity (Wildman–Crippen MR) is 76.2 cm³/mol. The first kappa shape index (κ1) is 13.3. The third-order valence-electron chi connectivity index (χ3n) is 5.06. The standard InChI is InChI=1S/C16H22N2O3/c1-11-13(21-14(17-11)12-3-4-12)15(19)18-7-6-16(9-18)5-2-8-20-10-16/h12H,2-10H2,1H3. The van der Waals surface area contributed by atoms with Gasteiger partial charge in [0, 0.05) is 31.0 Å². The Morgan fingerprint density at radius 3 is 2.95 bits per heavy atom. The van der Waals surface area contributed by atoms with Crippen LogP contribution < -0.4 is 0 Å². The largest absolute Gasteiger partial charge is 0.435 e. The van der Waals surface area contributed by atoms with Gasteiger partial charge in [0.1, 0.15) is 0 Å². The number of rotatable bonds is 2. The van der Waals surface area contributed by atoms with Crippen LogP contribution >= 0.6 is 0 Å². The second-order valence-electron chi connectivity index (χ2n) is 6.87. The van der Waals surface area contributed by atoms with Crippen molar-refractivity contribution in [2.24, 2.45) is 5.41 Å². The number of hydrogen-bond donors (Lipinski definition) is 0. The Labute approximate surface area is 124 Å². The molecule has 1 aromatic heterocycles. The lowest BCUT2D eigenvalue weighted by atomic mass is 9.82. The van der Waals surface area contributed by atoms with E-state index in [0.717, 1.165) is 63.6 Å². The molecule has 3 fully saturated rings. The Hall–Kier alpha value is -1.36. The maximum atomic E-state index is 12.7. The maximum absolute atomic E-state index is 12.7. The highest BCUT2D eigenvalue weighted by Gasteiger charge is 2.42. The summed E-state index contributed by atoms with van der Waals surface area (Å²) >= 11 is 0. The molecule has 0 aromatic carbocycles. The third-order valence-corrected chi connectivity index (χ3v) is 5.06. The van der Waals surface area contributed by atoms with Gasteiger partial charge in [0.05, 0.1) is 12.3 Å². The molecule has 21 heavy (non-hydrogen) atoms. The van der Waals surface area contributed by atoms with Crippen LogP contribution in [0.5, 0.6) is 0 Å². The van der Waals surface area contributed by atoms with Crippen molar-refractivity contribution in [2.45, 2.75) is 44.9 Å². The predicted octanol–water partition coefficient (Wildman–Crippen LogP) is 2.50. The van der Waals surface area contributed by atoms with Crippen LogP contribution in [0, 0.1) is 12.3 Å². The van der Waals surface area contributed by atoms with E-state index in [4.69, 9.17) is 9.15 Å². The van der Waals surface area contributed by atoms with E-state index in [2.05, 4.69) is 4.98 Å². The Morgan fingerprint density at radius 1 is 1.38 bits per heavy atom. The van der Waals surface area contributed by atoms with Gasteiger partial charge in [-0.2, -0.15) is 0 Å². The van der Waals surface area contributed by atoms with Crippen molar-refractivity contribution in [2.75, 3.05) is 26.3 Å². The Morgan fingerprint density at radius 2 is 2.24 bits per heavy atom. The molecule has 3 aliphatic rings. The SMILES string of the molecule is Cc1nc(C2CC2)oc1C(=O)N1CCC2(CCCOC2)C1. The average Bonchev–Trinajstić information content (AvgIpc) is 3.16. The number of carbonyl (C=O) groups excluding carboxylic acids is 1. The highest BCUT2D eigenvalue weighted by Crippen LogP contribution is 2.41. The first-order valence-electron chi connectivity index (χ1n) is 8.01. The lowest BCUT2D eigenvalue weighted by Gasteiger charge is -2.32. The molecule has 4 rings (SSSR count). The van der Waals surface area contributed by atoms with Crippen molar-refractivity contribution >= 4 is 5.91 Å². The molecule has 1 atom stereocenters. The number of likely N-dealkylation sites (tertiary alicyclic amines) is 1.